The van der Waals surface area contributed by atoms with Gasteiger partial charge in [0, 0.05) is 0 Å². The van der Waals surface area contributed by atoms with E-state index < -0.39 is 0 Å². The highest BCUT2D eigenvalue weighted by atomic mass is 32.2. The van der Waals surface area contributed by atoms with Crippen LogP contribution in [-0.4, -0.2) is 5.75 Å². The number of hydrogen-bond acceptors (Lipinski definition) is 1. The smallest absolute Gasteiger partial charge is 0.00286 e. The average Bonchev–Trinajstić information content (AvgIpc) is 2.13. The summed E-state index contributed by atoms with van der Waals surface area (Å²) in [5.41, 5.74) is 1.56. The van der Waals surface area contributed by atoms with E-state index in [-0.39, 0.29) is 0 Å². The molecule has 0 aliphatic heterocycles. The van der Waals surface area contributed by atoms with E-state index in [0.717, 1.165) is 0 Å². The van der Waals surface area contributed by atoms with Crippen molar-refractivity contribution in [1.29, 1.82) is 0 Å². The van der Waals surface area contributed by atoms with Gasteiger partial charge in [0.25, 0.3) is 0 Å². The van der Waals surface area contributed by atoms with Crippen LogP contribution in [0, 0.1) is 0 Å². The van der Waals surface area contributed by atoms with Gasteiger partial charge in [-0.3, -0.25) is 0 Å². The van der Waals surface area contributed by atoms with E-state index in [0.29, 0.717) is 0 Å². The van der Waals surface area contributed by atoms with Gasteiger partial charge in [-0.05, 0) is 37.3 Å². The van der Waals surface area contributed by atoms with Crippen LogP contribution in [0.3, 0.4) is 0 Å². The van der Waals surface area contributed by atoms with Crippen LogP contribution in [0.2, 0.25) is 0 Å². The largest absolute Gasteiger partial charge is 0.134 e. The maximum absolute atomic E-state index is 2.34. The highest BCUT2D eigenvalue weighted by Gasteiger charge is 1.91. The topological polar surface area (TPSA) is 0 Å². The highest BCUT2D eigenvalue weighted by Crippen LogP contribution is 2.14. The number of thioether (sulfide) groups is 1. The molecule has 13 heavy (non-hydrogen) atoms. The van der Waals surface area contributed by atoms with E-state index >= 15 is 0 Å². The molecule has 0 bridgehead atoms. The Bertz CT molecular complexity index is 127. The molecule has 0 aliphatic rings. The molecule has 78 valence electrons. The van der Waals surface area contributed by atoms with Crippen LogP contribution in [0.5, 0.6) is 0 Å². The predicted octanol–water partition coefficient (Wildman–Crippen LogP) is 5.00. The van der Waals surface area contributed by atoms with Gasteiger partial charge < -0.3 is 0 Å². The molecule has 1 heteroatoms. The SMILES string of the molecule is CCCCCC/C(C)=C/SCCC. The summed E-state index contributed by atoms with van der Waals surface area (Å²) in [6.45, 7) is 6.76. The Balaban J connectivity index is 3.27. The second-order valence-electron chi connectivity index (χ2n) is 3.65. The van der Waals surface area contributed by atoms with Crippen molar-refractivity contribution in [1.82, 2.24) is 0 Å². The van der Waals surface area contributed by atoms with Gasteiger partial charge in [0.1, 0.15) is 0 Å². The van der Waals surface area contributed by atoms with Gasteiger partial charge in [0.15, 0.2) is 0 Å². The Hall–Kier alpha value is 0.0900. The standard InChI is InChI=1S/C12H24S/c1-4-6-7-8-9-12(3)11-13-10-5-2/h11H,4-10H2,1-3H3/b12-11+. The van der Waals surface area contributed by atoms with Gasteiger partial charge in [-0.15, -0.1) is 11.8 Å². The van der Waals surface area contributed by atoms with Gasteiger partial charge in [0.2, 0.25) is 0 Å². The monoisotopic (exact) mass is 200 g/mol. The third kappa shape index (κ3) is 10.0. The zero-order valence-corrected chi connectivity index (χ0v) is 10.3. The van der Waals surface area contributed by atoms with Crippen molar-refractivity contribution in [2.75, 3.05) is 5.75 Å². The van der Waals surface area contributed by atoms with Crippen molar-refractivity contribution in [3.8, 4) is 0 Å². The normalized spacial score (nSPS) is 12.1. The summed E-state index contributed by atoms with van der Waals surface area (Å²) in [5.74, 6) is 1.27. The lowest BCUT2D eigenvalue weighted by Crippen LogP contribution is -1.79. The van der Waals surface area contributed by atoms with Crippen LogP contribution in [0.15, 0.2) is 11.0 Å². The number of allylic oxidation sites excluding steroid dienone is 1. The fourth-order valence-electron chi connectivity index (χ4n) is 1.21. The van der Waals surface area contributed by atoms with Gasteiger partial charge in [-0.2, -0.15) is 0 Å². The Morgan fingerprint density at radius 3 is 2.46 bits per heavy atom. The van der Waals surface area contributed by atoms with E-state index in [9.17, 15) is 0 Å². The quantitative estimate of drug-likeness (QED) is 0.497. The van der Waals surface area contributed by atoms with E-state index in [1.54, 1.807) is 5.57 Å². The summed E-state index contributed by atoms with van der Waals surface area (Å²) in [6.07, 6.45) is 8.10. The van der Waals surface area contributed by atoms with Crippen LogP contribution < -0.4 is 0 Å². The molecule has 0 N–H and O–H groups in total. The first-order valence-electron chi connectivity index (χ1n) is 5.58. The predicted molar refractivity (Wildman–Crippen MR) is 65.3 cm³/mol. The van der Waals surface area contributed by atoms with Crippen molar-refractivity contribution in [3.63, 3.8) is 0 Å². The fourth-order valence-corrected chi connectivity index (χ4v) is 1.96. The van der Waals surface area contributed by atoms with Gasteiger partial charge in [-0.1, -0.05) is 38.7 Å². The van der Waals surface area contributed by atoms with Crippen molar-refractivity contribution < 1.29 is 0 Å². The highest BCUT2D eigenvalue weighted by molar-refractivity contribution is 8.02. The zero-order valence-electron chi connectivity index (χ0n) is 9.44. The van der Waals surface area contributed by atoms with Crippen LogP contribution >= 0.6 is 11.8 Å². The Morgan fingerprint density at radius 1 is 1.08 bits per heavy atom. The first kappa shape index (κ1) is 13.1. The molecule has 0 aromatic heterocycles. The summed E-state index contributed by atoms with van der Waals surface area (Å²) < 4.78 is 0. The van der Waals surface area contributed by atoms with Crippen LogP contribution in [0.4, 0.5) is 0 Å². The minimum Gasteiger partial charge on any atom is -0.134 e. The molecule has 0 nitrogen and oxygen atoms in total. The second kappa shape index (κ2) is 10.2. The molecule has 0 unspecified atom stereocenters. The number of rotatable bonds is 8. The summed E-state index contributed by atoms with van der Waals surface area (Å²) in [4.78, 5) is 0. The zero-order chi connectivity index (χ0) is 9.94. The average molecular weight is 200 g/mol. The van der Waals surface area contributed by atoms with Crippen molar-refractivity contribution in [2.45, 2.75) is 59.3 Å². The Morgan fingerprint density at radius 2 is 1.85 bits per heavy atom. The minimum atomic E-state index is 1.27. The molecule has 0 aromatic carbocycles. The lowest BCUT2D eigenvalue weighted by Gasteiger charge is -2.00. The third-order valence-electron chi connectivity index (χ3n) is 2.03. The number of unbranched alkanes of at least 4 members (excludes halogenated alkanes) is 3. The molecule has 0 atom stereocenters. The first-order valence-corrected chi connectivity index (χ1v) is 6.63. The molecule has 0 saturated heterocycles. The van der Waals surface area contributed by atoms with E-state index in [2.05, 4.69) is 26.2 Å². The van der Waals surface area contributed by atoms with E-state index in [1.807, 2.05) is 11.8 Å². The van der Waals surface area contributed by atoms with Crippen molar-refractivity contribution in [2.24, 2.45) is 0 Å². The summed E-state index contributed by atoms with van der Waals surface area (Å²) in [7, 11) is 0. The first-order chi connectivity index (χ1) is 6.31. The van der Waals surface area contributed by atoms with E-state index in [1.165, 1.54) is 44.3 Å². The lowest BCUT2D eigenvalue weighted by atomic mass is 10.1. The second-order valence-corrected chi connectivity index (χ2v) is 4.62. The molecule has 0 fully saturated rings. The molecule has 0 rings (SSSR count). The lowest BCUT2D eigenvalue weighted by molar-refractivity contribution is 0.665. The van der Waals surface area contributed by atoms with Crippen LogP contribution in [0.1, 0.15) is 59.3 Å². The van der Waals surface area contributed by atoms with Gasteiger partial charge in [0.05, 0.1) is 0 Å². The van der Waals surface area contributed by atoms with Crippen LogP contribution in [0.25, 0.3) is 0 Å². The Labute approximate surface area is 88.2 Å². The molecular weight excluding hydrogens is 176 g/mol. The maximum Gasteiger partial charge on any atom is -0.00286 e. The molecule has 0 heterocycles. The molecule has 0 saturated carbocycles. The number of hydrogen-bond donors (Lipinski definition) is 0. The molecule has 0 amide bonds. The van der Waals surface area contributed by atoms with Crippen molar-refractivity contribution in [3.05, 3.63) is 11.0 Å². The minimum absolute atomic E-state index is 1.27. The van der Waals surface area contributed by atoms with Gasteiger partial charge >= 0.3 is 0 Å². The molecule has 0 aromatic rings. The third-order valence-corrected chi connectivity index (χ3v) is 3.24. The van der Waals surface area contributed by atoms with Crippen LogP contribution in [-0.2, 0) is 0 Å². The molecule has 0 radical (unpaired) electrons. The molecular formula is C12H24S. The molecule has 0 spiro atoms. The summed E-state index contributed by atoms with van der Waals surface area (Å²) >= 11 is 1.96. The summed E-state index contributed by atoms with van der Waals surface area (Å²) in [6, 6.07) is 0. The summed E-state index contributed by atoms with van der Waals surface area (Å²) in [5, 5.41) is 2.34. The maximum atomic E-state index is 2.34. The van der Waals surface area contributed by atoms with E-state index in [4.69, 9.17) is 0 Å². The fraction of sp³-hybridized carbons (Fsp3) is 0.833. The molecule has 0 aliphatic carbocycles. The Kier molecular flexibility index (Phi) is 10.2. The van der Waals surface area contributed by atoms with Crippen molar-refractivity contribution >= 4 is 11.8 Å². The van der Waals surface area contributed by atoms with Gasteiger partial charge in [-0.25, -0.2) is 0 Å².